The van der Waals surface area contributed by atoms with E-state index in [1.807, 2.05) is 19.4 Å². The summed E-state index contributed by atoms with van der Waals surface area (Å²) in [7, 11) is 1.89. The van der Waals surface area contributed by atoms with Crippen LogP contribution < -0.4 is 10.2 Å². The van der Waals surface area contributed by atoms with Gasteiger partial charge < -0.3 is 10.2 Å². The minimum absolute atomic E-state index is 0.112. The standard InChI is InChI=1S/C22H30N8/c1-16-11-24-21(26-19-12-25-28(2)13-19)27-20(16)29-14-22(15-29,6-3-7-23)30-8-4-17-10-18(17)5-9-30/h11-13,17-18H,3-6,8-10,14-15H2,1-2H3,(H,24,26,27). The molecule has 2 atom stereocenters. The first-order valence-corrected chi connectivity index (χ1v) is 11.0. The van der Waals surface area contributed by atoms with Crippen LogP contribution in [0.3, 0.4) is 0 Å². The number of rotatable bonds is 6. The predicted octanol–water partition coefficient (Wildman–Crippen LogP) is 2.86. The quantitative estimate of drug-likeness (QED) is 0.789. The molecule has 5 rings (SSSR count). The molecule has 1 saturated carbocycles. The molecule has 3 fully saturated rings. The molecule has 0 aromatic carbocycles. The van der Waals surface area contributed by atoms with Crippen molar-refractivity contribution in [2.75, 3.05) is 36.4 Å². The van der Waals surface area contributed by atoms with Crippen LogP contribution in [0, 0.1) is 30.1 Å². The van der Waals surface area contributed by atoms with Crippen LogP contribution >= 0.6 is 0 Å². The minimum atomic E-state index is 0.112. The Kier molecular flexibility index (Phi) is 4.86. The van der Waals surface area contributed by atoms with Crippen molar-refractivity contribution in [3.8, 4) is 6.07 Å². The molecule has 0 amide bonds. The predicted molar refractivity (Wildman–Crippen MR) is 115 cm³/mol. The highest BCUT2D eigenvalue weighted by Gasteiger charge is 2.50. The molecule has 4 heterocycles. The van der Waals surface area contributed by atoms with Gasteiger partial charge in [-0.15, -0.1) is 0 Å². The number of aryl methyl sites for hydroxylation is 2. The lowest BCUT2D eigenvalue weighted by molar-refractivity contribution is 0.0509. The lowest BCUT2D eigenvalue weighted by Gasteiger charge is -2.56. The number of fused-ring (bicyclic) bond motifs is 1. The second-order valence-corrected chi connectivity index (χ2v) is 9.29. The van der Waals surface area contributed by atoms with Crippen molar-refractivity contribution in [3.63, 3.8) is 0 Å². The average molecular weight is 407 g/mol. The van der Waals surface area contributed by atoms with Crippen molar-refractivity contribution in [2.45, 2.75) is 44.6 Å². The second kappa shape index (κ2) is 7.55. The van der Waals surface area contributed by atoms with Gasteiger partial charge in [0.2, 0.25) is 5.95 Å². The molecule has 8 heteroatoms. The van der Waals surface area contributed by atoms with Gasteiger partial charge in [-0.05, 0) is 57.5 Å². The molecule has 2 unspecified atom stereocenters. The zero-order valence-corrected chi connectivity index (χ0v) is 17.9. The van der Waals surface area contributed by atoms with Crippen LogP contribution in [0.2, 0.25) is 0 Å². The van der Waals surface area contributed by atoms with Gasteiger partial charge in [-0.2, -0.15) is 15.3 Å². The molecule has 1 N–H and O–H groups in total. The third kappa shape index (κ3) is 3.63. The van der Waals surface area contributed by atoms with Crippen LogP contribution in [0.1, 0.15) is 37.7 Å². The number of hydrogen-bond acceptors (Lipinski definition) is 7. The van der Waals surface area contributed by atoms with Gasteiger partial charge in [0.25, 0.3) is 0 Å². The summed E-state index contributed by atoms with van der Waals surface area (Å²) in [5.41, 5.74) is 2.07. The Morgan fingerprint density at radius 3 is 2.67 bits per heavy atom. The molecule has 2 aromatic rings. The fourth-order valence-electron chi connectivity index (χ4n) is 5.29. The lowest BCUT2D eigenvalue weighted by Crippen LogP contribution is -2.70. The largest absolute Gasteiger partial charge is 0.352 e. The number of nitrogens with zero attached hydrogens (tertiary/aromatic N) is 7. The summed E-state index contributed by atoms with van der Waals surface area (Å²) >= 11 is 0. The van der Waals surface area contributed by atoms with Crippen molar-refractivity contribution in [2.24, 2.45) is 18.9 Å². The number of anilines is 3. The van der Waals surface area contributed by atoms with E-state index in [0.29, 0.717) is 12.4 Å². The third-order valence-corrected chi connectivity index (χ3v) is 7.16. The van der Waals surface area contributed by atoms with E-state index in [9.17, 15) is 5.26 Å². The number of nitriles is 1. The maximum Gasteiger partial charge on any atom is 0.229 e. The van der Waals surface area contributed by atoms with Gasteiger partial charge in [-0.25, -0.2) is 4.98 Å². The monoisotopic (exact) mass is 406 g/mol. The highest BCUT2D eigenvalue weighted by molar-refractivity contribution is 5.57. The van der Waals surface area contributed by atoms with Crippen LogP contribution in [0.15, 0.2) is 18.6 Å². The average Bonchev–Trinajstić information content (AvgIpc) is 3.37. The van der Waals surface area contributed by atoms with Gasteiger partial charge in [0.15, 0.2) is 0 Å². The van der Waals surface area contributed by atoms with E-state index < -0.39 is 0 Å². The van der Waals surface area contributed by atoms with Crippen molar-refractivity contribution >= 4 is 17.5 Å². The van der Waals surface area contributed by atoms with Gasteiger partial charge in [0.1, 0.15) is 5.82 Å². The van der Waals surface area contributed by atoms with Crippen LogP contribution in [0.25, 0.3) is 0 Å². The fourth-order valence-corrected chi connectivity index (χ4v) is 5.29. The highest BCUT2D eigenvalue weighted by atomic mass is 15.4. The van der Waals surface area contributed by atoms with Crippen LogP contribution in [-0.4, -0.2) is 56.4 Å². The first-order chi connectivity index (χ1) is 14.6. The van der Waals surface area contributed by atoms with Crippen molar-refractivity contribution in [3.05, 3.63) is 24.2 Å². The molecule has 2 aliphatic heterocycles. The summed E-state index contributed by atoms with van der Waals surface area (Å²) in [6.07, 6.45) is 11.2. The SMILES string of the molecule is Cc1cnc(Nc2cnn(C)c2)nc1N1CC(CCC#N)(N2CCC3CC3CC2)C1. The van der Waals surface area contributed by atoms with Crippen LogP contribution in [0.5, 0.6) is 0 Å². The normalized spacial score (nSPS) is 25.0. The van der Waals surface area contributed by atoms with E-state index in [0.717, 1.165) is 48.4 Å². The Bertz CT molecular complexity index is 942. The summed E-state index contributed by atoms with van der Waals surface area (Å²) in [6.45, 7) is 6.30. The van der Waals surface area contributed by atoms with E-state index in [1.165, 1.54) is 32.4 Å². The van der Waals surface area contributed by atoms with Crippen LogP contribution in [-0.2, 0) is 7.05 Å². The summed E-state index contributed by atoms with van der Waals surface area (Å²) in [5.74, 6) is 3.50. The minimum Gasteiger partial charge on any atom is -0.352 e. The van der Waals surface area contributed by atoms with Gasteiger partial charge in [0, 0.05) is 44.5 Å². The maximum absolute atomic E-state index is 9.24. The van der Waals surface area contributed by atoms with E-state index >= 15 is 0 Å². The van der Waals surface area contributed by atoms with Gasteiger partial charge >= 0.3 is 0 Å². The Hall–Kier alpha value is -2.66. The van der Waals surface area contributed by atoms with E-state index in [-0.39, 0.29) is 5.54 Å². The Balaban J connectivity index is 1.31. The Morgan fingerprint density at radius 2 is 2.00 bits per heavy atom. The Labute approximate surface area is 177 Å². The molecule has 2 aromatic heterocycles. The summed E-state index contributed by atoms with van der Waals surface area (Å²) in [4.78, 5) is 14.3. The molecule has 0 spiro atoms. The van der Waals surface area contributed by atoms with Crippen molar-refractivity contribution < 1.29 is 0 Å². The number of nitrogens with one attached hydrogen (secondary N) is 1. The zero-order valence-electron chi connectivity index (χ0n) is 17.9. The topological polar surface area (TPSA) is 85.9 Å². The van der Waals surface area contributed by atoms with E-state index in [2.05, 4.69) is 38.2 Å². The van der Waals surface area contributed by atoms with Gasteiger partial charge in [-0.1, -0.05) is 0 Å². The molecule has 3 aliphatic rings. The first kappa shape index (κ1) is 19.3. The molecule has 8 nitrogen and oxygen atoms in total. The molecular formula is C22H30N8. The number of hydrogen-bond donors (Lipinski definition) is 1. The highest BCUT2D eigenvalue weighted by Crippen LogP contribution is 2.47. The second-order valence-electron chi connectivity index (χ2n) is 9.29. The first-order valence-electron chi connectivity index (χ1n) is 11.0. The molecule has 0 bridgehead atoms. The molecular weight excluding hydrogens is 376 g/mol. The molecule has 1 aliphatic carbocycles. The number of likely N-dealkylation sites (tertiary alicyclic amines) is 1. The summed E-state index contributed by atoms with van der Waals surface area (Å²) in [6, 6.07) is 2.38. The summed E-state index contributed by atoms with van der Waals surface area (Å²) in [5, 5.41) is 16.7. The number of aromatic nitrogens is 4. The Morgan fingerprint density at radius 1 is 1.23 bits per heavy atom. The van der Waals surface area contributed by atoms with E-state index in [1.54, 1.807) is 10.9 Å². The zero-order chi connectivity index (χ0) is 20.7. The molecule has 158 valence electrons. The fraction of sp³-hybridized carbons (Fsp3) is 0.636. The van der Waals surface area contributed by atoms with Crippen LogP contribution in [0.4, 0.5) is 17.5 Å². The maximum atomic E-state index is 9.24. The third-order valence-electron chi connectivity index (χ3n) is 7.16. The molecule has 30 heavy (non-hydrogen) atoms. The van der Waals surface area contributed by atoms with Crippen molar-refractivity contribution in [1.82, 2.24) is 24.6 Å². The van der Waals surface area contributed by atoms with Gasteiger partial charge in [0.05, 0.1) is 23.5 Å². The van der Waals surface area contributed by atoms with Gasteiger partial charge in [-0.3, -0.25) is 9.58 Å². The summed E-state index contributed by atoms with van der Waals surface area (Å²) < 4.78 is 1.75. The van der Waals surface area contributed by atoms with Crippen molar-refractivity contribution in [1.29, 1.82) is 5.26 Å². The molecule has 2 saturated heterocycles. The molecule has 0 radical (unpaired) electrons. The smallest absolute Gasteiger partial charge is 0.229 e. The van der Waals surface area contributed by atoms with E-state index in [4.69, 9.17) is 4.98 Å². The lowest BCUT2D eigenvalue weighted by atomic mass is 9.82.